The molecule has 1 aliphatic heterocycles. The predicted octanol–water partition coefficient (Wildman–Crippen LogP) is 2.74. The van der Waals surface area contributed by atoms with Crippen LogP contribution in [0.3, 0.4) is 0 Å². The number of carbonyl (C=O) groups excluding carboxylic acids is 2. The number of nitrogens with two attached hydrogens (primary N) is 1. The lowest BCUT2D eigenvalue weighted by atomic mass is 9.73. The number of primary amides is 1. The zero-order valence-electron chi connectivity index (χ0n) is 14.3. The molecule has 0 atom stereocenters. The molecule has 1 saturated carbocycles. The Bertz CT molecular complexity index is 815. The number of nitrogens with zero attached hydrogens (tertiary/aromatic N) is 2. The van der Waals surface area contributed by atoms with Crippen molar-refractivity contribution in [2.24, 2.45) is 17.1 Å². The van der Waals surface area contributed by atoms with Gasteiger partial charge in [-0.2, -0.15) is 0 Å². The molecule has 1 aromatic carbocycles. The van der Waals surface area contributed by atoms with E-state index in [2.05, 4.69) is 4.98 Å². The molecular formula is C20H23N3O2. The summed E-state index contributed by atoms with van der Waals surface area (Å²) in [4.78, 5) is 31.2. The van der Waals surface area contributed by atoms with Crippen molar-refractivity contribution in [3.8, 4) is 0 Å². The van der Waals surface area contributed by atoms with E-state index >= 15 is 0 Å². The van der Waals surface area contributed by atoms with Gasteiger partial charge >= 0.3 is 0 Å². The average molecular weight is 337 g/mol. The van der Waals surface area contributed by atoms with Crippen LogP contribution in [0, 0.1) is 11.3 Å². The Balaban J connectivity index is 1.53. The summed E-state index contributed by atoms with van der Waals surface area (Å²) in [5.41, 5.74) is 5.80. The van der Waals surface area contributed by atoms with Gasteiger partial charge in [-0.1, -0.05) is 37.1 Å². The number of hydrogen-bond donors (Lipinski definition) is 1. The summed E-state index contributed by atoms with van der Waals surface area (Å²) in [7, 11) is 0. The first-order valence-corrected chi connectivity index (χ1v) is 9.02. The van der Waals surface area contributed by atoms with Crippen LogP contribution < -0.4 is 5.73 Å². The first-order valence-electron chi connectivity index (χ1n) is 9.02. The number of aromatic nitrogens is 1. The monoisotopic (exact) mass is 337 g/mol. The summed E-state index contributed by atoms with van der Waals surface area (Å²) in [5, 5.41) is 1.89. The molecule has 5 heteroatoms. The fraction of sp³-hybridized carbons (Fsp3) is 0.450. The molecule has 2 fully saturated rings. The fourth-order valence-electron chi connectivity index (χ4n) is 4.00. The molecule has 25 heavy (non-hydrogen) atoms. The fourth-order valence-corrected chi connectivity index (χ4v) is 4.00. The van der Waals surface area contributed by atoms with E-state index in [1.54, 1.807) is 6.20 Å². The van der Waals surface area contributed by atoms with Crippen molar-refractivity contribution in [2.75, 3.05) is 13.1 Å². The maximum Gasteiger partial charge on any atom is 0.273 e. The van der Waals surface area contributed by atoms with Gasteiger partial charge in [0, 0.05) is 24.7 Å². The molecule has 5 nitrogen and oxygen atoms in total. The summed E-state index contributed by atoms with van der Waals surface area (Å²) >= 11 is 0. The average Bonchev–Trinajstić information content (AvgIpc) is 3.45. The standard InChI is InChI=1S/C20H23N3O2/c21-19(25)20(13-14-5-6-14)8-11-23(12-9-20)18(24)17-16-4-2-1-3-15(16)7-10-22-17/h1-4,7,10,14H,5-6,8-9,11-13H2,(H2,21,25). The molecule has 1 aromatic heterocycles. The Hall–Kier alpha value is -2.43. The highest BCUT2D eigenvalue weighted by molar-refractivity contribution is 6.05. The van der Waals surface area contributed by atoms with Crippen LogP contribution in [0.1, 0.15) is 42.6 Å². The van der Waals surface area contributed by atoms with E-state index in [0.717, 1.165) is 17.2 Å². The van der Waals surface area contributed by atoms with Crippen molar-refractivity contribution in [2.45, 2.75) is 32.1 Å². The van der Waals surface area contributed by atoms with Gasteiger partial charge in [-0.15, -0.1) is 0 Å². The van der Waals surface area contributed by atoms with Gasteiger partial charge in [0.1, 0.15) is 5.69 Å². The van der Waals surface area contributed by atoms with Crippen LogP contribution in [0.25, 0.3) is 10.8 Å². The van der Waals surface area contributed by atoms with E-state index in [-0.39, 0.29) is 11.8 Å². The van der Waals surface area contributed by atoms with Crippen molar-refractivity contribution < 1.29 is 9.59 Å². The number of carbonyl (C=O) groups is 2. The highest BCUT2D eigenvalue weighted by atomic mass is 16.2. The quantitative estimate of drug-likeness (QED) is 0.932. The van der Waals surface area contributed by atoms with Crippen LogP contribution in [0.4, 0.5) is 0 Å². The second-order valence-electron chi connectivity index (χ2n) is 7.46. The minimum Gasteiger partial charge on any atom is -0.369 e. The van der Waals surface area contributed by atoms with Gasteiger partial charge in [-0.3, -0.25) is 14.6 Å². The smallest absolute Gasteiger partial charge is 0.273 e. The highest BCUT2D eigenvalue weighted by Gasteiger charge is 2.44. The van der Waals surface area contributed by atoms with Gasteiger partial charge < -0.3 is 10.6 Å². The summed E-state index contributed by atoms with van der Waals surface area (Å²) in [6.07, 6.45) is 6.30. The van der Waals surface area contributed by atoms with Crippen LogP contribution in [-0.2, 0) is 4.79 Å². The Labute approximate surface area is 147 Å². The number of benzene rings is 1. The molecule has 2 aromatic rings. The Morgan fingerprint density at radius 3 is 2.56 bits per heavy atom. The lowest BCUT2D eigenvalue weighted by Crippen LogP contribution is -2.49. The third-order valence-corrected chi connectivity index (χ3v) is 5.78. The number of fused-ring (bicyclic) bond motifs is 1. The molecular weight excluding hydrogens is 314 g/mol. The number of likely N-dealkylation sites (tertiary alicyclic amines) is 1. The Morgan fingerprint density at radius 1 is 1.16 bits per heavy atom. The van der Waals surface area contributed by atoms with Crippen LogP contribution in [0.15, 0.2) is 36.5 Å². The third kappa shape index (κ3) is 2.99. The third-order valence-electron chi connectivity index (χ3n) is 5.78. The number of amides is 2. The first-order chi connectivity index (χ1) is 12.1. The number of piperidine rings is 1. The van der Waals surface area contributed by atoms with Crippen molar-refractivity contribution in [1.82, 2.24) is 9.88 Å². The van der Waals surface area contributed by atoms with E-state index in [1.165, 1.54) is 12.8 Å². The molecule has 0 radical (unpaired) electrons. The molecule has 2 amide bonds. The van der Waals surface area contributed by atoms with Gasteiger partial charge in [-0.25, -0.2) is 0 Å². The van der Waals surface area contributed by atoms with Gasteiger partial charge in [0.15, 0.2) is 0 Å². The molecule has 1 saturated heterocycles. The Kier molecular flexibility index (Phi) is 3.94. The first kappa shape index (κ1) is 16.1. The summed E-state index contributed by atoms with van der Waals surface area (Å²) in [5.74, 6) is 0.394. The largest absolute Gasteiger partial charge is 0.369 e. The van der Waals surface area contributed by atoms with Crippen molar-refractivity contribution in [1.29, 1.82) is 0 Å². The van der Waals surface area contributed by atoms with Crippen molar-refractivity contribution in [3.05, 3.63) is 42.2 Å². The second-order valence-corrected chi connectivity index (χ2v) is 7.46. The van der Waals surface area contributed by atoms with E-state index in [0.29, 0.717) is 37.5 Å². The lowest BCUT2D eigenvalue weighted by molar-refractivity contribution is -0.131. The van der Waals surface area contributed by atoms with E-state index in [9.17, 15) is 9.59 Å². The summed E-state index contributed by atoms with van der Waals surface area (Å²) in [6.45, 7) is 1.14. The second kappa shape index (κ2) is 6.14. The molecule has 0 unspecified atom stereocenters. The van der Waals surface area contributed by atoms with Gasteiger partial charge in [0.05, 0.1) is 5.41 Å². The van der Waals surface area contributed by atoms with Gasteiger partial charge in [-0.05, 0) is 36.6 Å². The maximum absolute atomic E-state index is 13.0. The minimum atomic E-state index is -0.426. The zero-order valence-corrected chi connectivity index (χ0v) is 14.3. The SMILES string of the molecule is NC(=O)C1(CC2CC2)CCN(C(=O)c2nccc3ccccc23)CC1. The Morgan fingerprint density at radius 2 is 1.88 bits per heavy atom. The topological polar surface area (TPSA) is 76.3 Å². The van der Waals surface area contributed by atoms with Gasteiger partial charge in [0.2, 0.25) is 5.91 Å². The molecule has 130 valence electrons. The molecule has 0 spiro atoms. The maximum atomic E-state index is 13.0. The molecule has 4 rings (SSSR count). The van der Waals surface area contributed by atoms with Crippen LogP contribution in [0.2, 0.25) is 0 Å². The van der Waals surface area contributed by atoms with E-state index < -0.39 is 5.41 Å². The van der Waals surface area contributed by atoms with Crippen LogP contribution >= 0.6 is 0 Å². The summed E-state index contributed by atoms with van der Waals surface area (Å²) < 4.78 is 0. The van der Waals surface area contributed by atoms with Gasteiger partial charge in [0.25, 0.3) is 5.91 Å². The highest BCUT2D eigenvalue weighted by Crippen LogP contribution is 2.45. The molecule has 2 heterocycles. The predicted molar refractivity (Wildman–Crippen MR) is 95.8 cm³/mol. The van der Waals surface area contributed by atoms with Crippen LogP contribution in [-0.4, -0.2) is 34.8 Å². The number of hydrogen-bond acceptors (Lipinski definition) is 3. The number of pyridine rings is 1. The van der Waals surface area contributed by atoms with E-state index in [4.69, 9.17) is 5.73 Å². The molecule has 2 aliphatic rings. The normalized spacial score (nSPS) is 19.8. The molecule has 1 aliphatic carbocycles. The van der Waals surface area contributed by atoms with Crippen molar-refractivity contribution >= 4 is 22.6 Å². The number of rotatable bonds is 4. The minimum absolute atomic E-state index is 0.0544. The zero-order chi connectivity index (χ0) is 17.4. The molecule has 0 bridgehead atoms. The van der Waals surface area contributed by atoms with Crippen LogP contribution in [0.5, 0.6) is 0 Å². The summed E-state index contributed by atoms with van der Waals surface area (Å²) in [6, 6.07) is 9.70. The molecule has 2 N–H and O–H groups in total. The van der Waals surface area contributed by atoms with Crippen molar-refractivity contribution in [3.63, 3.8) is 0 Å². The van der Waals surface area contributed by atoms with E-state index in [1.807, 2.05) is 35.2 Å². The lowest BCUT2D eigenvalue weighted by Gasteiger charge is -2.39.